The lowest BCUT2D eigenvalue weighted by Gasteiger charge is -2.30. The van der Waals surface area contributed by atoms with Gasteiger partial charge in [0.25, 0.3) is 0 Å². The smallest absolute Gasteiger partial charge is 0.241 e. The Kier molecular flexibility index (Phi) is 6.95. The largest absolute Gasteiger partial charge is 0.356 e. The van der Waals surface area contributed by atoms with E-state index in [1.807, 2.05) is 12.1 Å². The summed E-state index contributed by atoms with van der Waals surface area (Å²) < 4.78 is 5.48. The van der Waals surface area contributed by atoms with Gasteiger partial charge in [0.15, 0.2) is 0 Å². The number of amides is 1. The summed E-state index contributed by atoms with van der Waals surface area (Å²) in [5.74, 6) is 1.45. The average Bonchev–Trinajstić information content (AvgIpc) is 3.23. The summed E-state index contributed by atoms with van der Waals surface area (Å²) in [6.07, 6.45) is 10.3. The molecule has 1 saturated heterocycles. The average molecular weight is 409 g/mol. The van der Waals surface area contributed by atoms with E-state index in [-0.39, 0.29) is 11.8 Å². The number of carbonyl (C=O) groups excluding carboxylic acids is 1. The van der Waals surface area contributed by atoms with E-state index in [0.29, 0.717) is 18.3 Å². The molecule has 6 nitrogen and oxygen atoms in total. The molecule has 6 heteroatoms. The van der Waals surface area contributed by atoms with Crippen LogP contribution in [0.15, 0.2) is 40.4 Å². The molecule has 1 N–H and O–H groups in total. The Hall–Kier alpha value is -2.47. The standard InChI is InChI=1S/C24H32N4O2/c1-18-7-5-10-20(15-18)23-26-22(30-27-23)17-28-14-6-11-21(16-28)24(29)25-13-12-19-8-3-2-4-9-19/h5,7-8,10,15,21H,2-4,6,9,11-14,16-17H2,1H3,(H,25,29). The number of allylic oxidation sites excluding steroid dienone is 1. The lowest BCUT2D eigenvalue weighted by molar-refractivity contribution is -0.126. The molecule has 1 atom stereocenters. The molecule has 1 fully saturated rings. The molecule has 2 heterocycles. The van der Waals surface area contributed by atoms with Gasteiger partial charge in [0, 0.05) is 18.7 Å². The lowest BCUT2D eigenvalue weighted by atomic mass is 9.96. The SMILES string of the molecule is Cc1cccc(-c2noc(CN3CCCC(C(=O)NCCC4=CCCCC4)C3)n2)c1. The van der Waals surface area contributed by atoms with Crippen LogP contribution < -0.4 is 5.32 Å². The number of carbonyl (C=O) groups is 1. The van der Waals surface area contributed by atoms with Crippen LogP contribution in [-0.2, 0) is 11.3 Å². The molecule has 30 heavy (non-hydrogen) atoms. The predicted molar refractivity (Wildman–Crippen MR) is 117 cm³/mol. The Morgan fingerprint density at radius 2 is 2.23 bits per heavy atom. The second-order valence-electron chi connectivity index (χ2n) is 8.60. The first-order chi connectivity index (χ1) is 14.7. The Morgan fingerprint density at radius 1 is 1.30 bits per heavy atom. The summed E-state index contributed by atoms with van der Waals surface area (Å²) in [5.41, 5.74) is 3.64. The second-order valence-corrected chi connectivity index (χ2v) is 8.60. The van der Waals surface area contributed by atoms with Crippen LogP contribution in [0.4, 0.5) is 0 Å². The van der Waals surface area contributed by atoms with Gasteiger partial charge in [0.05, 0.1) is 12.5 Å². The summed E-state index contributed by atoms with van der Waals surface area (Å²) in [7, 11) is 0. The monoisotopic (exact) mass is 408 g/mol. The normalized spacial score (nSPS) is 20.0. The van der Waals surface area contributed by atoms with E-state index < -0.39 is 0 Å². The first-order valence-electron chi connectivity index (χ1n) is 11.2. The van der Waals surface area contributed by atoms with E-state index in [0.717, 1.165) is 44.5 Å². The zero-order valence-electron chi connectivity index (χ0n) is 17.9. The molecule has 2 aliphatic rings. The van der Waals surface area contributed by atoms with Crippen molar-refractivity contribution < 1.29 is 9.32 Å². The fourth-order valence-electron chi connectivity index (χ4n) is 4.45. The molecule has 1 aliphatic carbocycles. The van der Waals surface area contributed by atoms with Crippen molar-refractivity contribution in [1.29, 1.82) is 0 Å². The van der Waals surface area contributed by atoms with Crippen LogP contribution in [0.5, 0.6) is 0 Å². The van der Waals surface area contributed by atoms with E-state index in [1.165, 1.54) is 36.8 Å². The maximum Gasteiger partial charge on any atom is 0.241 e. The van der Waals surface area contributed by atoms with Gasteiger partial charge in [0.1, 0.15) is 0 Å². The van der Waals surface area contributed by atoms with Gasteiger partial charge >= 0.3 is 0 Å². The number of nitrogens with one attached hydrogen (secondary N) is 1. The minimum Gasteiger partial charge on any atom is -0.356 e. The third kappa shape index (κ3) is 5.57. The molecule has 1 unspecified atom stereocenters. The van der Waals surface area contributed by atoms with Crippen LogP contribution in [0.2, 0.25) is 0 Å². The summed E-state index contributed by atoms with van der Waals surface area (Å²) in [6.45, 7) is 5.10. The number of benzene rings is 1. The molecule has 1 amide bonds. The number of rotatable bonds is 7. The highest BCUT2D eigenvalue weighted by Crippen LogP contribution is 2.22. The quantitative estimate of drug-likeness (QED) is 0.693. The molecular weight excluding hydrogens is 376 g/mol. The third-order valence-electron chi connectivity index (χ3n) is 6.11. The van der Waals surface area contributed by atoms with Crippen LogP contribution >= 0.6 is 0 Å². The number of aromatic nitrogens is 2. The van der Waals surface area contributed by atoms with Gasteiger partial charge in [-0.1, -0.05) is 40.6 Å². The maximum atomic E-state index is 12.7. The second kappa shape index (κ2) is 10.0. The zero-order chi connectivity index (χ0) is 20.8. The van der Waals surface area contributed by atoms with Crippen molar-refractivity contribution in [2.24, 2.45) is 5.92 Å². The lowest BCUT2D eigenvalue weighted by Crippen LogP contribution is -2.43. The zero-order valence-corrected chi connectivity index (χ0v) is 17.9. The van der Waals surface area contributed by atoms with Gasteiger partial charge in [-0.05, 0) is 64.5 Å². The maximum absolute atomic E-state index is 12.7. The Bertz CT molecular complexity index is 889. The summed E-state index contributed by atoms with van der Waals surface area (Å²) in [6, 6.07) is 8.10. The van der Waals surface area contributed by atoms with Crippen molar-refractivity contribution in [1.82, 2.24) is 20.4 Å². The number of likely N-dealkylation sites (tertiary alicyclic amines) is 1. The highest BCUT2D eigenvalue weighted by molar-refractivity contribution is 5.79. The van der Waals surface area contributed by atoms with E-state index in [1.54, 1.807) is 0 Å². The summed E-state index contributed by atoms with van der Waals surface area (Å²) >= 11 is 0. The van der Waals surface area contributed by atoms with E-state index in [4.69, 9.17) is 4.52 Å². The van der Waals surface area contributed by atoms with Gasteiger partial charge < -0.3 is 9.84 Å². The van der Waals surface area contributed by atoms with Crippen molar-refractivity contribution >= 4 is 5.91 Å². The third-order valence-corrected chi connectivity index (χ3v) is 6.11. The van der Waals surface area contributed by atoms with Gasteiger partial charge in [-0.3, -0.25) is 9.69 Å². The van der Waals surface area contributed by atoms with Crippen molar-refractivity contribution in [2.75, 3.05) is 19.6 Å². The molecule has 160 valence electrons. The number of aryl methyl sites for hydroxylation is 1. The van der Waals surface area contributed by atoms with E-state index in [2.05, 4.69) is 45.5 Å². The Morgan fingerprint density at radius 3 is 3.07 bits per heavy atom. The summed E-state index contributed by atoms with van der Waals surface area (Å²) in [5, 5.41) is 7.29. The minimum atomic E-state index is 0.0400. The number of nitrogens with zero attached hydrogens (tertiary/aromatic N) is 3. The molecule has 1 aliphatic heterocycles. The molecule has 4 rings (SSSR count). The van der Waals surface area contributed by atoms with Gasteiger partial charge in [-0.25, -0.2) is 0 Å². The van der Waals surface area contributed by atoms with Crippen molar-refractivity contribution in [3.8, 4) is 11.4 Å². The van der Waals surface area contributed by atoms with E-state index in [9.17, 15) is 4.79 Å². The first kappa shape index (κ1) is 20.8. The summed E-state index contributed by atoms with van der Waals surface area (Å²) in [4.78, 5) is 19.5. The van der Waals surface area contributed by atoms with Crippen LogP contribution in [0.3, 0.4) is 0 Å². The van der Waals surface area contributed by atoms with Gasteiger partial charge in [0.2, 0.25) is 17.6 Å². The van der Waals surface area contributed by atoms with Crippen LogP contribution in [0, 0.1) is 12.8 Å². The number of hydrogen-bond acceptors (Lipinski definition) is 5. The molecule has 1 aromatic carbocycles. The molecule has 1 aromatic heterocycles. The van der Waals surface area contributed by atoms with E-state index >= 15 is 0 Å². The van der Waals surface area contributed by atoms with Crippen molar-refractivity contribution in [2.45, 2.75) is 58.4 Å². The van der Waals surface area contributed by atoms with Gasteiger partial charge in [-0.15, -0.1) is 0 Å². The Labute approximate surface area is 178 Å². The molecule has 2 aromatic rings. The Balaban J connectivity index is 1.26. The highest BCUT2D eigenvalue weighted by Gasteiger charge is 2.26. The van der Waals surface area contributed by atoms with Gasteiger partial charge in [-0.2, -0.15) is 4.98 Å². The minimum absolute atomic E-state index is 0.0400. The topological polar surface area (TPSA) is 71.3 Å². The molecule has 0 radical (unpaired) electrons. The van der Waals surface area contributed by atoms with Crippen LogP contribution in [-0.4, -0.2) is 40.6 Å². The molecular formula is C24H32N4O2. The fraction of sp³-hybridized carbons (Fsp3) is 0.542. The molecule has 0 spiro atoms. The number of piperidine rings is 1. The first-order valence-corrected chi connectivity index (χ1v) is 11.2. The van der Waals surface area contributed by atoms with Crippen molar-refractivity contribution in [3.63, 3.8) is 0 Å². The molecule has 0 bridgehead atoms. The highest BCUT2D eigenvalue weighted by atomic mass is 16.5. The van der Waals surface area contributed by atoms with Crippen molar-refractivity contribution in [3.05, 3.63) is 47.4 Å². The van der Waals surface area contributed by atoms with Crippen LogP contribution in [0.1, 0.15) is 56.4 Å². The number of hydrogen-bond donors (Lipinski definition) is 1. The van der Waals surface area contributed by atoms with Crippen LogP contribution in [0.25, 0.3) is 11.4 Å². The molecule has 0 saturated carbocycles. The predicted octanol–water partition coefficient (Wildman–Crippen LogP) is 4.26. The fourth-order valence-corrected chi connectivity index (χ4v) is 4.45.